The molecule has 0 unspecified atom stereocenters. The van der Waals surface area contributed by atoms with Crippen LogP contribution in [0.4, 0.5) is 0 Å². The molecule has 0 aliphatic heterocycles. The molecule has 0 aromatic carbocycles. The zero-order valence-electron chi connectivity index (χ0n) is 9.10. The van der Waals surface area contributed by atoms with E-state index in [1.165, 1.54) is 11.3 Å². The van der Waals surface area contributed by atoms with Gasteiger partial charge >= 0.3 is 5.97 Å². The molecule has 0 saturated carbocycles. The van der Waals surface area contributed by atoms with Gasteiger partial charge in [0.15, 0.2) is 0 Å². The summed E-state index contributed by atoms with van der Waals surface area (Å²) < 4.78 is 0. The van der Waals surface area contributed by atoms with Crippen molar-refractivity contribution in [3.63, 3.8) is 0 Å². The molecule has 88 valence electrons. The predicted octanol–water partition coefficient (Wildman–Crippen LogP) is 2.74. The number of carboxylic acids is 1. The van der Waals surface area contributed by atoms with Crippen LogP contribution >= 0.6 is 11.3 Å². The van der Waals surface area contributed by atoms with Crippen molar-refractivity contribution in [3.8, 4) is 0 Å². The first-order chi connectivity index (χ1) is 7.74. The van der Waals surface area contributed by atoms with E-state index in [4.69, 9.17) is 9.94 Å². The third kappa shape index (κ3) is 4.46. The van der Waals surface area contributed by atoms with Crippen molar-refractivity contribution < 1.29 is 14.7 Å². The maximum Gasteiger partial charge on any atom is 0.345 e. The molecule has 0 bridgehead atoms. The Kier molecular flexibility index (Phi) is 5.60. The highest BCUT2D eigenvalue weighted by Crippen LogP contribution is 2.17. The Morgan fingerprint density at radius 3 is 3.06 bits per heavy atom. The van der Waals surface area contributed by atoms with Crippen molar-refractivity contribution in [1.29, 1.82) is 0 Å². The molecular weight excluding hydrogens is 226 g/mol. The number of unbranched alkanes of at least 4 members (excludes halogenated alkanes) is 1. The van der Waals surface area contributed by atoms with Crippen molar-refractivity contribution in [1.82, 2.24) is 5.48 Å². The monoisotopic (exact) mass is 241 g/mol. The number of rotatable bonds is 7. The fraction of sp³-hybridized carbons (Fsp3) is 0.364. The van der Waals surface area contributed by atoms with Crippen LogP contribution in [0.25, 0.3) is 6.08 Å². The summed E-state index contributed by atoms with van der Waals surface area (Å²) in [5, 5.41) is 8.71. The summed E-state index contributed by atoms with van der Waals surface area (Å²) in [4.78, 5) is 16.9. The minimum absolute atomic E-state index is 0.339. The standard InChI is InChI=1S/C11H15NO3S/c1-2-3-8-15-12-7-6-9-4-5-10(16-9)11(13)14/h4-7,12H,2-3,8H2,1H3,(H,13,14). The Balaban J connectivity index is 2.30. The largest absolute Gasteiger partial charge is 0.477 e. The molecule has 0 aliphatic carbocycles. The first kappa shape index (κ1) is 12.7. The van der Waals surface area contributed by atoms with E-state index in [2.05, 4.69) is 12.4 Å². The van der Waals surface area contributed by atoms with Crippen molar-refractivity contribution in [2.75, 3.05) is 6.61 Å². The molecule has 0 saturated heterocycles. The molecule has 1 rings (SSSR count). The van der Waals surface area contributed by atoms with E-state index in [9.17, 15) is 4.79 Å². The Bertz CT molecular complexity index is 360. The van der Waals surface area contributed by atoms with Gasteiger partial charge in [-0.3, -0.25) is 10.3 Å². The summed E-state index contributed by atoms with van der Waals surface area (Å²) in [6.45, 7) is 2.77. The molecule has 1 aromatic rings. The zero-order chi connectivity index (χ0) is 11.8. The SMILES string of the molecule is CCCCONC=Cc1ccc(C(=O)O)s1. The molecule has 0 spiro atoms. The van der Waals surface area contributed by atoms with Crippen molar-refractivity contribution >= 4 is 23.4 Å². The quantitative estimate of drug-likeness (QED) is 0.569. The van der Waals surface area contributed by atoms with Gasteiger partial charge in [-0.25, -0.2) is 4.79 Å². The van der Waals surface area contributed by atoms with Gasteiger partial charge in [-0.1, -0.05) is 13.3 Å². The molecule has 0 radical (unpaired) electrons. The van der Waals surface area contributed by atoms with Crippen LogP contribution in [-0.4, -0.2) is 17.7 Å². The fourth-order valence-electron chi connectivity index (χ4n) is 0.997. The second-order valence-electron chi connectivity index (χ2n) is 3.16. The van der Waals surface area contributed by atoms with E-state index in [0.717, 1.165) is 17.7 Å². The van der Waals surface area contributed by atoms with Gasteiger partial charge in [-0.15, -0.1) is 11.3 Å². The van der Waals surface area contributed by atoms with Gasteiger partial charge in [0.05, 0.1) is 6.61 Å². The lowest BCUT2D eigenvalue weighted by molar-refractivity contribution is 0.0696. The topological polar surface area (TPSA) is 58.6 Å². The smallest absolute Gasteiger partial charge is 0.345 e. The van der Waals surface area contributed by atoms with Gasteiger partial charge in [0.1, 0.15) is 4.88 Å². The van der Waals surface area contributed by atoms with E-state index in [0.29, 0.717) is 11.5 Å². The molecule has 0 atom stereocenters. The first-order valence-electron chi connectivity index (χ1n) is 5.11. The molecular formula is C11H15NO3S. The molecule has 0 aliphatic rings. The average Bonchev–Trinajstić information content (AvgIpc) is 2.72. The maximum atomic E-state index is 10.6. The Morgan fingerprint density at radius 1 is 1.62 bits per heavy atom. The van der Waals surface area contributed by atoms with Crippen LogP contribution in [0.2, 0.25) is 0 Å². The van der Waals surface area contributed by atoms with Crippen molar-refractivity contribution in [3.05, 3.63) is 28.1 Å². The van der Waals surface area contributed by atoms with Crippen LogP contribution in [0.1, 0.15) is 34.3 Å². The van der Waals surface area contributed by atoms with E-state index in [-0.39, 0.29) is 0 Å². The van der Waals surface area contributed by atoms with Gasteiger partial charge in [-0.05, 0) is 24.6 Å². The minimum atomic E-state index is -0.892. The number of hydroxylamine groups is 1. The second-order valence-corrected chi connectivity index (χ2v) is 4.28. The number of hydrogen-bond donors (Lipinski definition) is 2. The van der Waals surface area contributed by atoms with Gasteiger partial charge in [-0.2, -0.15) is 0 Å². The predicted molar refractivity (Wildman–Crippen MR) is 64.3 cm³/mol. The molecule has 5 heteroatoms. The van der Waals surface area contributed by atoms with E-state index in [1.807, 2.05) is 0 Å². The van der Waals surface area contributed by atoms with Crippen LogP contribution < -0.4 is 5.48 Å². The number of carboxylic acid groups (broad SMARTS) is 1. The number of thiophene rings is 1. The molecule has 4 nitrogen and oxygen atoms in total. The van der Waals surface area contributed by atoms with Crippen LogP contribution in [-0.2, 0) is 4.84 Å². The lowest BCUT2D eigenvalue weighted by atomic mass is 10.4. The minimum Gasteiger partial charge on any atom is -0.477 e. The molecule has 2 N–H and O–H groups in total. The van der Waals surface area contributed by atoms with Gasteiger partial charge in [0.25, 0.3) is 0 Å². The highest BCUT2D eigenvalue weighted by molar-refractivity contribution is 7.14. The fourth-order valence-corrected chi connectivity index (χ4v) is 1.75. The second kappa shape index (κ2) is 7.03. The third-order valence-corrected chi connectivity index (χ3v) is 2.87. The summed E-state index contributed by atoms with van der Waals surface area (Å²) in [6.07, 6.45) is 5.55. The number of carbonyl (C=O) groups is 1. The third-order valence-electron chi connectivity index (χ3n) is 1.84. The van der Waals surface area contributed by atoms with Gasteiger partial charge in [0.2, 0.25) is 0 Å². The van der Waals surface area contributed by atoms with Gasteiger partial charge < -0.3 is 5.11 Å². The van der Waals surface area contributed by atoms with Gasteiger partial charge in [0, 0.05) is 11.1 Å². The van der Waals surface area contributed by atoms with Crippen LogP contribution in [0.5, 0.6) is 0 Å². The lowest BCUT2D eigenvalue weighted by Gasteiger charge is -1.99. The van der Waals surface area contributed by atoms with Crippen molar-refractivity contribution in [2.45, 2.75) is 19.8 Å². The highest BCUT2D eigenvalue weighted by Gasteiger charge is 2.04. The molecule has 0 amide bonds. The van der Waals surface area contributed by atoms with E-state index in [1.54, 1.807) is 24.4 Å². The Labute approximate surface area is 98.5 Å². The summed E-state index contributed by atoms with van der Waals surface area (Å²) in [5.41, 5.74) is 2.69. The summed E-state index contributed by atoms with van der Waals surface area (Å²) in [7, 11) is 0. The van der Waals surface area contributed by atoms with E-state index >= 15 is 0 Å². The van der Waals surface area contributed by atoms with Crippen LogP contribution in [0.15, 0.2) is 18.3 Å². The highest BCUT2D eigenvalue weighted by atomic mass is 32.1. The lowest BCUT2D eigenvalue weighted by Crippen LogP contribution is -2.06. The summed E-state index contributed by atoms with van der Waals surface area (Å²) >= 11 is 1.23. The van der Waals surface area contributed by atoms with Crippen LogP contribution in [0, 0.1) is 0 Å². The zero-order valence-corrected chi connectivity index (χ0v) is 9.92. The van der Waals surface area contributed by atoms with E-state index < -0.39 is 5.97 Å². The number of hydrogen-bond acceptors (Lipinski definition) is 4. The summed E-state index contributed by atoms with van der Waals surface area (Å²) in [5.74, 6) is -0.892. The molecule has 1 aromatic heterocycles. The Morgan fingerprint density at radius 2 is 2.44 bits per heavy atom. The molecule has 1 heterocycles. The van der Waals surface area contributed by atoms with Crippen molar-refractivity contribution in [2.24, 2.45) is 0 Å². The number of aromatic carboxylic acids is 1. The van der Waals surface area contributed by atoms with Crippen LogP contribution in [0.3, 0.4) is 0 Å². The first-order valence-corrected chi connectivity index (χ1v) is 5.92. The molecule has 0 fully saturated rings. The normalized spacial score (nSPS) is 10.8. The number of nitrogens with one attached hydrogen (secondary N) is 1. The molecule has 16 heavy (non-hydrogen) atoms. The maximum absolute atomic E-state index is 10.6. The average molecular weight is 241 g/mol. The summed E-state index contributed by atoms with van der Waals surface area (Å²) in [6, 6.07) is 3.35. The Hall–Kier alpha value is -1.33.